The molecule has 3 heterocycles. The highest BCUT2D eigenvalue weighted by atomic mass is 16.3. The minimum absolute atomic E-state index is 0.0241. The summed E-state index contributed by atoms with van der Waals surface area (Å²) in [6, 6.07) is 1.60. The molecule has 9 nitrogen and oxygen atoms in total. The molecule has 0 radical (unpaired) electrons. The second-order valence-corrected chi connectivity index (χ2v) is 6.64. The fourth-order valence-corrected chi connectivity index (χ4v) is 3.22. The molecule has 0 unspecified atom stereocenters. The number of aromatic nitrogens is 3. The largest absolute Gasteiger partial charge is 0.466 e. The van der Waals surface area contributed by atoms with Crippen molar-refractivity contribution in [3.63, 3.8) is 0 Å². The van der Waals surface area contributed by atoms with E-state index in [2.05, 4.69) is 20.9 Å². The molecule has 1 aliphatic rings. The number of aryl methyl sites for hydroxylation is 2. The van der Waals surface area contributed by atoms with Crippen LogP contribution in [0.2, 0.25) is 0 Å². The normalized spacial score (nSPS) is 19.5. The number of rotatable bonds is 5. The SMILES string of the molecule is CNC(=O)[C@@H]1C[C@H](n2cc(CN(C)C(=O)c3cc(C)oc3C)nn2)CN1. The Labute approximate surface area is 151 Å². The number of carbonyl (C=O) groups is 2. The quantitative estimate of drug-likeness (QED) is 0.800. The first kappa shape index (κ1) is 18.1. The second-order valence-electron chi connectivity index (χ2n) is 6.64. The number of likely N-dealkylation sites (N-methyl/N-ethyl adjacent to an activating group) is 1. The van der Waals surface area contributed by atoms with E-state index in [0.29, 0.717) is 42.3 Å². The first-order chi connectivity index (χ1) is 12.4. The van der Waals surface area contributed by atoms with Gasteiger partial charge in [-0.15, -0.1) is 5.10 Å². The van der Waals surface area contributed by atoms with Crippen molar-refractivity contribution in [2.24, 2.45) is 0 Å². The van der Waals surface area contributed by atoms with E-state index in [9.17, 15) is 9.59 Å². The smallest absolute Gasteiger partial charge is 0.257 e. The van der Waals surface area contributed by atoms with Crippen LogP contribution in [0.4, 0.5) is 0 Å². The van der Waals surface area contributed by atoms with Crippen LogP contribution < -0.4 is 10.6 Å². The lowest BCUT2D eigenvalue weighted by Crippen LogP contribution is -2.38. The molecule has 9 heteroatoms. The van der Waals surface area contributed by atoms with Crippen LogP contribution in [0.25, 0.3) is 0 Å². The predicted molar refractivity (Wildman–Crippen MR) is 93.5 cm³/mol. The number of amides is 2. The second kappa shape index (κ2) is 7.28. The Morgan fingerprint density at radius 2 is 2.23 bits per heavy atom. The van der Waals surface area contributed by atoms with E-state index in [4.69, 9.17) is 4.42 Å². The third-order valence-corrected chi connectivity index (χ3v) is 4.62. The Morgan fingerprint density at radius 3 is 2.88 bits per heavy atom. The third-order valence-electron chi connectivity index (χ3n) is 4.62. The maximum Gasteiger partial charge on any atom is 0.257 e. The van der Waals surface area contributed by atoms with Crippen LogP contribution in [0.1, 0.15) is 40.0 Å². The van der Waals surface area contributed by atoms with Crippen LogP contribution in [0.3, 0.4) is 0 Å². The van der Waals surface area contributed by atoms with Crippen LogP contribution in [-0.2, 0) is 11.3 Å². The Kier molecular flexibility index (Phi) is 5.08. The molecule has 2 atom stereocenters. The van der Waals surface area contributed by atoms with Crippen molar-refractivity contribution in [2.45, 2.75) is 38.9 Å². The lowest BCUT2D eigenvalue weighted by Gasteiger charge is -2.15. The number of carbonyl (C=O) groups excluding carboxylic acids is 2. The number of furan rings is 1. The summed E-state index contributed by atoms with van der Waals surface area (Å²) in [7, 11) is 3.35. The number of nitrogens with one attached hydrogen (secondary N) is 2. The van der Waals surface area contributed by atoms with Gasteiger partial charge in [-0.2, -0.15) is 0 Å². The third kappa shape index (κ3) is 3.62. The van der Waals surface area contributed by atoms with Gasteiger partial charge in [0.15, 0.2) is 0 Å². The molecule has 0 aliphatic carbocycles. The van der Waals surface area contributed by atoms with Gasteiger partial charge in [0.05, 0.1) is 30.4 Å². The van der Waals surface area contributed by atoms with E-state index in [1.807, 2.05) is 13.1 Å². The van der Waals surface area contributed by atoms with E-state index in [0.717, 1.165) is 0 Å². The zero-order chi connectivity index (χ0) is 18.8. The maximum atomic E-state index is 12.6. The zero-order valence-electron chi connectivity index (χ0n) is 15.4. The Morgan fingerprint density at radius 1 is 1.46 bits per heavy atom. The molecule has 26 heavy (non-hydrogen) atoms. The first-order valence-corrected chi connectivity index (χ1v) is 8.57. The predicted octanol–water partition coefficient (Wildman–Crippen LogP) is 0.409. The summed E-state index contributed by atoms with van der Waals surface area (Å²) in [5.41, 5.74) is 1.26. The van der Waals surface area contributed by atoms with Gasteiger partial charge in [-0.1, -0.05) is 5.21 Å². The van der Waals surface area contributed by atoms with Crippen LogP contribution in [0.15, 0.2) is 16.7 Å². The average Bonchev–Trinajstić information content (AvgIpc) is 3.33. The van der Waals surface area contributed by atoms with Gasteiger partial charge in [-0.3, -0.25) is 9.59 Å². The highest BCUT2D eigenvalue weighted by molar-refractivity contribution is 5.95. The summed E-state index contributed by atoms with van der Waals surface area (Å²) in [6.07, 6.45) is 2.49. The van der Waals surface area contributed by atoms with E-state index >= 15 is 0 Å². The van der Waals surface area contributed by atoms with Gasteiger partial charge in [0.1, 0.15) is 17.2 Å². The van der Waals surface area contributed by atoms with Gasteiger partial charge in [0.2, 0.25) is 5.91 Å². The highest BCUT2D eigenvalue weighted by Crippen LogP contribution is 2.20. The van der Waals surface area contributed by atoms with Gasteiger partial charge in [-0.05, 0) is 26.3 Å². The average molecular weight is 360 g/mol. The van der Waals surface area contributed by atoms with Gasteiger partial charge >= 0.3 is 0 Å². The van der Waals surface area contributed by atoms with Crippen LogP contribution in [0.5, 0.6) is 0 Å². The molecule has 1 saturated heterocycles. The van der Waals surface area contributed by atoms with Gasteiger partial charge in [-0.25, -0.2) is 4.68 Å². The number of hydrogen-bond acceptors (Lipinski definition) is 6. The van der Waals surface area contributed by atoms with Crippen molar-refractivity contribution in [2.75, 3.05) is 20.6 Å². The van der Waals surface area contributed by atoms with Gasteiger partial charge in [0.25, 0.3) is 5.91 Å². The summed E-state index contributed by atoms with van der Waals surface area (Å²) in [5, 5.41) is 14.1. The molecule has 3 rings (SSSR count). The van der Waals surface area contributed by atoms with Crippen molar-refractivity contribution in [3.05, 3.63) is 35.0 Å². The fraction of sp³-hybridized carbons (Fsp3) is 0.529. The van der Waals surface area contributed by atoms with Crippen LogP contribution in [-0.4, -0.2) is 58.4 Å². The lowest BCUT2D eigenvalue weighted by molar-refractivity contribution is -0.122. The van der Waals surface area contributed by atoms with Crippen molar-refractivity contribution in [3.8, 4) is 0 Å². The molecule has 0 spiro atoms. The molecule has 2 N–H and O–H groups in total. The number of hydrogen-bond donors (Lipinski definition) is 2. The molecule has 2 aromatic heterocycles. The highest BCUT2D eigenvalue weighted by Gasteiger charge is 2.30. The monoisotopic (exact) mass is 360 g/mol. The van der Waals surface area contributed by atoms with Crippen molar-refractivity contribution < 1.29 is 14.0 Å². The molecule has 1 aliphatic heterocycles. The molecule has 140 valence electrons. The van der Waals surface area contributed by atoms with E-state index in [1.54, 1.807) is 36.7 Å². The molecule has 0 bridgehead atoms. The topological polar surface area (TPSA) is 105 Å². The van der Waals surface area contributed by atoms with E-state index < -0.39 is 0 Å². The van der Waals surface area contributed by atoms with Gasteiger partial charge in [0, 0.05) is 20.6 Å². The molecule has 0 aromatic carbocycles. The zero-order valence-corrected chi connectivity index (χ0v) is 15.4. The minimum Gasteiger partial charge on any atom is -0.466 e. The Bertz CT molecular complexity index is 811. The standard InChI is InChI=1S/C17H24N6O3/c1-10-5-14(11(2)26-10)17(25)22(4)8-12-9-23(21-20-12)13-6-15(19-7-13)16(24)18-3/h5,9,13,15,19H,6-8H2,1-4H3,(H,18,24)/t13-,15-/m0/s1. The minimum atomic E-state index is -0.214. The lowest BCUT2D eigenvalue weighted by atomic mass is 10.1. The molecule has 1 fully saturated rings. The van der Waals surface area contributed by atoms with Crippen LogP contribution >= 0.6 is 0 Å². The summed E-state index contributed by atoms with van der Waals surface area (Å²) < 4.78 is 7.19. The van der Waals surface area contributed by atoms with Crippen LogP contribution in [0, 0.1) is 13.8 Å². The molecule has 0 saturated carbocycles. The maximum absolute atomic E-state index is 12.6. The summed E-state index contributed by atoms with van der Waals surface area (Å²) >= 11 is 0. The Hall–Kier alpha value is -2.68. The summed E-state index contributed by atoms with van der Waals surface area (Å²) in [5.74, 6) is 1.19. The molecular formula is C17H24N6O3. The van der Waals surface area contributed by atoms with E-state index in [-0.39, 0.29) is 23.9 Å². The van der Waals surface area contributed by atoms with Crippen molar-refractivity contribution in [1.82, 2.24) is 30.5 Å². The van der Waals surface area contributed by atoms with Gasteiger partial charge < -0.3 is 20.0 Å². The van der Waals surface area contributed by atoms with E-state index in [1.165, 1.54) is 0 Å². The summed E-state index contributed by atoms with van der Waals surface area (Å²) in [6.45, 7) is 4.60. The molecular weight excluding hydrogens is 336 g/mol. The first-order valence-electron chi connectivity index (χ1n) is 8.57. The van der Waals surface area contributed by atoms with Crippen molar-refractivity contribution >= 4 is 11.8 Å². The fourth-order valence-electron chi connectivity index (χ4n) is 3.22. The molecule has 2 aromatic rings. The van der Waals surface area contributed by atoms with Crippen molar-refractivity contribution in [1.29, 1.82) is 0 Å². The number of nitrogens with zero attached hydrogens (tertiary/aromatic N) is 4. The summed E-state index contributed by atoms with van der Waals surface area (Å²) in [4.78, 5) is 25.9. The Balaban J connectivity index is 1.62. The molecule has 2 amide bonds.